The van der Waals surface area contributed by atoms with E-state index in [0.29, 0.717) is 6.42 Å². The van der Waals surface area contributed by atoms with Crippen molar-refractivity contribution in [1.82, 2.24) is 0 Å². The predicted molar refractivity (Wildman–Crippen MR) is 55.2 cm³/mol. The van der Waals surface area contributed by atoms with Gasteiger partial charge in [-0.25, -0.2) is 0 Å². The van der Waals surface area contributed by atoms with Crippen LogP contribution in [0.5, 0.6) is 0 Å². The lowest BCUT2D eigenvalue weighted by Crippen LogP contribution is -2.14. The standard InChI is InChI=1S/C10H17ClO3/c1-3-5-8(2)14-10(13)7-4-6-9(11)12/h8H,3-7H2,1-2H3. The molecule has 0 heterocycles. The molecule has 0 saturated heterocycles. The van der Waals surface area contributed by atoms with Crippen LogP contribution in [-0.2, 0) is 14.3 Å². The smallest absolute Gasteiger partial charge is 0.306 e. The molecule has 0 aromatic carbocycles. The normalized spacial score (nSPS) is 12.2. The molecule has 4 heteroatoms. The van der Waals surface area contributed by atoms with Crippen LogP contribution in [0.3, 0.4) is 0 Å². The van der Waals surface area contributed by atoms with Gasteiger partial charge in [-0.1, -0.05) is 13.3 Å². The molecule has 82 valence electrons. The molecule has 0 amide bonds. The van der Waals surface area contributed by atoms with E-state index in [1.807, 2.05) is 13.8 Å². The van der Waals surface area contributed by atoms with Crippen LogP contribution >= 0.6 is 11.6 Å². The van der Waals surface area contributed by atoms with Crippen molar-refractivity contribution < 1.29 is 14.3 Å². The molecule has 14 heavy (non-hydrogen) atoms. The highest BCUT2D eigenvalue weighted by molar-refractivity contribution is 6.63. The Bertz CT molecular complexity index is 192. The number of halogens is 1. The highest BCUT2D eigenvalue weighted by Crippen LogP contribution is 2.05. The van der Waals surface area contributed by atoms with Gasteiger partial charge in [0.25, 0.3) is 0 Å². The van der Waals surface area contributed by atoms with Crippen LogP contribution in [0, 0.1) is 0 Å². The van der Waals surface area contributed by atoms with Gasteiger partial charge < -0.3 is 4.74 Å². The van der Waals surface area contributed by atoms with Crippen LogP contribution in [-0.4, -0.2) is 17.3 Å². The molecule has 0 radical (unpaired) electrons. The average Bonchev–Trinajstić information content (AvgIpc) is 2.03. The van der Waals surface area contributed by atoms with Crippen molar-refractivity contribution in [3.8, 4) is 0 Å². The molecular weight excluding hydrogens is 204 g/mol. The second-order valence-corrected chi connectivity index (χ2v) is 3.72. The van der Waals surface area contributed by atoms with Gasteiger partial charge in [0.2, 0.25) is 5.24 Å². The number of carbonyl (C=O) groups is 2. The third kappa shape index (κ3) is 8.05. The summed E-state index contributed by atoms with van der Waals surface area (Å²) in [6.07, 6.45) is 2.82. The van der Waals surface area contributed by atoms with Crippen LogP contribution in [0.25, 0.3) is 0 Å². The Labute approximate surface area is 89.8 Å². The fraction of sp³-hybridized carbons (Fsp3) is 0.800. The summed E-state index contributed by atoms with van der Waals surface area (Å²) in [5.74, 6) is -0.246. The van der Waals surface area contributed by atoms with Crippen molar-refractivity contribution in [2.24, 2.45) is 0 Å². The fourth-order valence-corrected chi connectivity index (χ4v) is 1.25. The Morgan fingerprint density at radius 3 is 2.50 bits per heavy atom. The second kappa shape index (κ2) is 7.80. The van der Waals surface area contributed by atoms with Crippen molar-refractivity contribution in [2.75, 3.05) is 0 Å². The maximum Gasteiger partial charge on any atom is 0.306 e. The lowest BCUT2D eigenvalue weighted by Gasteiger charge is -2.11. The van der Waals surface area contributed by atoms with E-state index < -0.39 is 5.24 Å². The van der Waals surface area contributed by atoms with Crippen LogP contribution < -0.4 is 0 Å². The highest BCUT2D eigenvalue weighted by atomic mass is 35.5. The molecule has 3 nitrogen and oxygen atoms in total. The third-order valence-electron chi connectivity index (χ3n) is 1.78. The largest absolute Gasteiger partial charge is 0.463 e. The van der Waals surface area contributed by atoms with Gasteiger partial charge in [-0.2, -0.15) is 0 Å². The van der Waals surface area contributed by atoms with E-state index in [1.54, 1.807) is 0 Å². The number of hydrogen-bond acceptors (Lipinski definition) is 3. The van der Waals surface area contributed by atoms with Crippen molar-refractivity contribution in [1.29, 1.82) is 0 Å². The van der Waals surface area contributed by atoms with Crippen molar-refractivity contribution in [3.05, 3.63) is 0 Å². The summed E-state index contributed by atoms with van der Waals surface area (Å²) in [5, 5.41) is -0.403. The summed E-state index contributed by atoms with van der Waals surface area (Å²) in [6.45, 7) is 3.91. The van der Waals surface area contributed by atoms with Crippen LogP contribution in [0.15, 0.2) is 0 Å². The number of ether oxygens (including phenoxy) is 1. The van der Waals surface area contributed by atoms with E-state index in [0.717, 1.165) is 12.8 Å². The lowest BCUT2D eigenvalue weighted by molar-refractivity contribution is -0.148. The van der Waals surface area contributed by atoms with E-state index >= 15 is 0 Å². The van der Waals surface area contributed by atoms with E-state index in [-0.39, 0.29) is 24.9 Å². The van der Waals surface area contributed by atoms with Crippen molar-refractivity contribution in [3.63, 3.8) is 0 Å². The van der Waals surface area contributed by atoms with E-state index in [9.17, 15) is 9.59 Å². The zero-order chi connectivity index (χ0) is 11.0. The Hall–Kier alpha value is -0.570. The Morgan fingerprint density at radius 1 is 1.36 bits per heavy atom. The zero-order valence-electron chi connectivity index (χ0n) is 8.72. The first-order valence-corrected chi connectivity index (χ1v) is 5.31. The minimum atomic E-state index is -0.403. The molecule has 1 atom stereocenters. The van der Waals surface area contributed by atoms with Gasteiger partial charge in [0, 0.05) is 12.8 Å². The highest BCUT2D eigenvalue weighted by Gasteiger charge is 2.08. The Balaban J connectivity index is 3.50. The molecule has 0 aliphatic heterocycles. The molecule has 0 aromatic heterocycles. The quantitative estimate of drug-likeness (QED) is 0.489. The molecule has 0 aromatic rings. The van der Waals surface area contributed by atoms with Gasteiger partial charge in [0.1, 0.15) is 0 Å². The number of rotatable bonds is 7. The molecule has 0 aliphatic carbocycles. The maximum atomic E-state index is 11.1. The molecule has 0 saturated carbocycles. The SMILES string of the molecule is CCCC(C)OC(=O)CCCC(=O)Cl. The number of hydrogen-bond donors (Lipinski definition) is 0. The van der Waals surface area contributed by atoms with Gasteiger partial charge in [0.05, 0.1) is 6.10 Å². The van der Waals surface area contributed by atoms with E-state index in [4.69, 9.17) is 16.3 Å². The molecule has 0 rings (SSSR count). The second-order valence-electron chi connectivity index (χ2n) is 3.30. The molecule has 0 aliphatic rings. The maximum absolute atomic E-state index is 11.1. The van der Waals surface area contributed by atoms with Gasteiger partial charge >= 0.3 is 5.97 Å². The van der Waals surface area contributed by atoms with Gasteiger partial charge in [0.15, 0.2) is 0 Å². The zero-order valence-corrected chi connectivity index (χ0v) is 9.47. The molecule has 0 spiro atoms. The van der Waals surface area contributed by atoms with Gasteiger partial charge in [-0.05, 0) is 31.4 Å². The first-order valence-electron chi connectivity index (χ1n) is 4.94. The summed E-state index contributed by atoms with van der Waals surface area (Å²) in [5.41, 5.74) is 0. The fourth-order valence-electron chi connectivity index (χ4n) is 1.12. The predicted octanol–water partition coefficient (Wildman–Crippen LogP) is 2.65. The molecule has 0 fully saturated rings. The molecule has 0 bridgehead atoms. The van der Waals surface area contributed by atoms with E-state index in [1.165, 1.54) is 0 Å². The Morgan fingerprint density at radius 2 is 2.00 bits per heavy atom. The summed E-state index contributed by atoms with van der Waals surface area (Å²) < 4.78 is 5.08. The van der Waals surface area contributed by atoms with Gasteiger partial charge in [-0.3, -0.25) is 9.59 Å². The van der Waals surface area contributed by atoms with Gasteiger partial charge in [-0.15, -0.1) is 0 Å². The molecule has 1 unspecified atom stereocenters. The Kier molecular flexibility index (Phi) is 7.48. The van der Waals surface area contributed by atoms with Crippen LogP contribution in [0.1, 0.15) is 46.0 Å². The topological polar surface area (TPSA) is 43.4 Å². The monoisotopic (exact) mass is 220 g/mol. The molecular formula is C10H17ClO3. The van der Waals surface area contributed by atoms with Crippen molar-refractivity contribution in [2.45, 2.75) is 52.1 Å². The first kappa shape index (κ1) is 13.4. The number of carbonyl (C=O) groups excluding carboxylic acids is 2. The average molecular weight is 221 g/mol. The lowest BCUT2D eigenvalue weighted by atomic mass is 10.2. The summed E-state index contributed by atoms with van der Waals surface area (Å²) in [6, 6.07) is 0. The van der Waals surface area contributed by atoms with E-state index in [2.05, 4.69) is 0 Å². The van der Waals surface area contributed by atoms with Crippen LogP contribution in [0.4, 0.5) is 0 Å². The van der Waals surface area contributed by atoms with Crippen molar-refractivity contribution >= 4 is 22.8 Å². The van der Waals surface area contributed by atoms with Crippen LogP contribution in [0.2, 0.25) is 0 Å². The molecule has 0 N–H and O–H groups in total. The minimum Gasteiger partial charge on any atom is -0.463 e. The third-order valence-corrected chi connectivity index (χ3v) is 1.97. The number of esters is 1. The first-order chi connectivity index (χ1) is 6.56. The minimum absolute atomic E-state index is 0.0285. The summed E-state index contributed by atoms with van der Waals surface area (Å²) in [4.78, 5) is 21.5. The summed E-state index contributed by atoms with van der Waals surface area (Å²) in [7, 11) is 0. The summed E-state index contributed by atoms with van der Waals surface area (Å²) >= 11 is 5.13.